The molecule has 1 saturated carbocycles. The predicted octanol–water partition coefficient (Wildman–Crippen LogP) is 1.04. The van der Waals surface area contributed by atoms with Crippen LogP contribution in [-0.2, 0) is 4.79 Å². The second-order valence-electron chi connectivity index (χ2n) is 4.00. The van der Waals surface area contributed by atoms with Crippen molar-refractivity contribution in [2.75, 3.05) is 19.6 Å². The summed E-state index contributed by atoms with van der Waals surface area (Å²) in [6.07, 6.45) is -2.22. The number of nitrogens with one attached hydrogen (secondary N) is 1. The molecule has 0 aromatic carbocycles. The van der Waals surface area contributed by atoms with Crippen molar-refractivity contribution in [2.45, 2.75) is 31.5 Å². The summed E-state index contributed by atoms with van der Waals surface area (Å²) >= 11 is 0. The quantitative estimate of drug-likeness (QED) is 0.765. The van der Waals surface area contributed by atoms with E-state index in [9.17, 15) is 18.0 Å². The molecule has 0 heterocycles. The van der Waals surface area contributed by atoms with E-state index in [1.807, 2.05) is 11.4 Å². The molecule has 0 aromatic heterocycles. The number of nitrogens with zero attached hydrogens (tertiary/aromatic N) is 2. The third-order valence-electron chi connectivity index (χ3n) is 2.41. The van der Waals surface area contributed by atoms with Crippen LogP contribution in [0.2, 0.25) is 0 Å². The average Bonchev–Trinajstić information content (AvgIpc) is 3.04. The number of halogens is 3. The summed E-state index contributed by atoms with van der Waals surface area (Å²) in [6, 6.07) is 2.21. The number of hydrogen-bond donors (Lipinski definition) is 1. The first kappa shape index (κ1) is 13.8. The van der Waals surface area contributed by atoms with Gasteiger partial charge in [-0.25, -0.2) is 0 Å². The smallest absolute Gasteiger partial charge is 0.346 e. The Morgan fingerprint density at radius 2 is 2.12 bits per heavy atom. The van der Waals surface area contributed by atoms with E-state index in [1.54, 1.807) is 4.90 Å². The van der Waals surface area contributed by atoms with Crippen LogP contribution in [0.5, 0.6) is 0 Å². The van der Waals surface area contributed by atoms with Crippen molar-refractivity contribution in [3.8, 4) is 6.07 Å². The third kappa shape index (κ3) is 6.12. The zero-order chi connectivity index (χ0) is 12.9. The Hall–Kier alpha value is -1.29. The van der Waals surface area contributed by atoms with Crippen LogP contribution in [-0.4, -0.2) is 42.7 Å². The summed E-state index contributed by atoms with van der Waals surface area (Å²) < 4.78 is 35.6. The van der Waals surface area contributed by atoms with Gasteiger partial charge in [-0.15, -0.1) is 0 Å². The molecular formula is C10H14F3N3O. The molecule has 0 bridgehead atoms. The van der Waals surface area contributed by atoms with Crippen molar-refractivity contribution in [2.24, 2.45) is 0 Å². The van der Waals surface area contributed by atoms with Gasteiger partial charge >= 0.3 is 6.18 Å². The number of nitriles is 1. The first-order valence-electron chi connectivity index (χ1n) is 5.37. The number of carbonyl (C=O) groups is 1. The monoisotopic (exact) mass is 249 g/mol. The molecule has 1 aliphatic rings. The van der Waals surface area contributed by atoms with Gasteiger partial charge in [0.1, 0.15) is 6.54 Å². The lowest BCUT2D eigenvalue weighted by atomic mass is 10.3. The van der Waals surface area contributed by atoms with Crippen molar-refractivity contribution < 1.29 is 18.0 Å². The molecule has 0 atom stereocenters. The van der Waals surface area contributed by atoms with Gasteiger partial charge in [-0.05, 0) is 12.8 Å². The molecule has 0 spiro atoms. The summed E-state index contributed by atoms with van der Waals surface area (Å²) in [6.45, 7) is -0.939. The maximum Gasteiger partial charge on any atom is 0.405 e. The molecule has 17 heavy (non-hydrogen) atoms. The fourth-order valence-corrected chi connectivity index (χ4v) is 1.46. The molecule has 0 aliphatic heterocycles. The first-order valence-corrected chi connectivity index (χ1v) is 5.37. The van der Waals surface area contributed by atoms with E-state index < -0.39 is 18.6 Å². The fraction of sp³-hybridized carbons (Fsp3) is 0.800. The first-order chi connectivity index (χ1) is 7.92. The molecule has 4 nitrogen and oxygen atoms in total. The summed E-state index contributed by atoms with van der Waals surface area (Å²) in [5.41, 5.74) is 0. The van der Waals surface area contributed by atoms with Crippen molar-refractivity contribution in [1.82, 2.24) is 10.2 Å². The van der Waals surface area contributed by atoms with Gasteiger partial charge in [-0.3, -0.25) is 9.69 Å². The molecule has 0 aromatic rings. The lowest BCUT2D eigenvalue weighted by molar-refractivity contribution is -0.139. The maximum atomic E-state index is 11.9. The number of carbonyl (C=O) groups excluding carboxylic acids is 1. The Kier molecular flexibility index (Phi) is 4.75. The molecule has 0 unspecified atom stereocenters. The highest BCUT2D eigenvalue weighted by Crippen LogP contribution is 2.26. The van der Waals surface area contributed by atoms with E-state index in [0.29, 0.717) is 6.54 Å². The van der Waals surface area contributed by atoms with E-state index in [1.165, 1.54) is 0 Å². The Morgan fingerprint density at radius 3 is 2.59 bits per heavy atom. The topological polar surface area (TPSA) is 56.1 Å². The molecular weight excluding hydrogens is 235 g/mol. The normalized spacial score (nSPS) is 15.7. The number of rotatable bonds is 6. The van der Waals surface area contributed by atoms with Crippen LogP contribution >= 0.6 is 0 Å². The number of alkyl halides is 3. The van der Waals surface area contributed by atoms with Crippen LogP contribution in [0.4, 0.5) is 13.2 Å². The average molecular weight is 249 g/mol. The van der Waals surface area contributed by atoms with Crippen molar-refractivity contribution in [1.29, 1.82) is 5.26 Å². The van der Waals surface area contributed by atoms with E-state index in [0.717, 1.165) is 12.8 Å². The van der Waals surface area contributed by atoms with Gasteiger partial charge in [0.15, 0.2) is 0 Å². The van der Waals surface area contributed by atoms with E-state index in [2.05, 4.69) is 0 Å². The standard InChI is InChI=1S/C10H14F3N3O/c11-10(12,13)7-15-9(17)6-16(5-1-4-14)8-2-3-8/h8H,1-3,5-7H2,(H,15,17). The summed E-state index contributed by atoms with van der Waals surface area (Å²) in [4.78, 5) is 13.0. The fourth-order valence-electron chi connectivity index (χ4n) is 1.46. The van der Waals surface area contributed by atoms with Crippen LogP contribution in [0.15, 0.2) is 0 Å². The highest BCUT2D eigenvalue weighted by molar-refractivity contribution is 5.78. The molecule has 1 fully saturated rings. The van der Waals surface area contributed by atoms with Gasteiger partial charge in [0.25, 0.3) is 0 Å². The Bertz CT molecular complexity index is 307. The van der Waals surface area contributed by atoms with Crippen LogP contribution in [0, 0.1) is 11.3 Å². The summed E-state index contributed by atoms with van der Waals surface area (Å²) in [7, 11) is 0. The molecule has 1 amide bonds. The van der Waals surface area contributed by atoms with Gasteiger partial charge in [-0.1, -0.05) is 0 Å². The largest absolute Gasteiger partial charge is 0.405 e. The molecule has 1 N–H and O–H groups in total. The zero-order valence-corrected chi connectivity index (χ0v) is 9.26. The number of amides is 1. The Morgan fingerprint density at radius 1 is 1.47 bits per heavy atom. The Balaban J connectivity index is 2.29. The molecule has 0 saturated heterocycles. The maximum absolute atomic E-state index is 11.9. The van der Waals surface area contributed by atoms with E-state index in [4.69, 9.17) is 5.26 Å². The minimum absolute atomic E-state index is 0.0670. The minimum Gasteiger partial charge on any atom is -0.346 e. The predicted molar refractivity (Wildman–Crippen MR) is 53.9 cm³/mol. The highest BCUT2D eigenvalue weighted by atomic mass is 19.4. The van der Waals surface area contributed by atoms with Gasteiger partial charge < -0.3 is 5.32 Å². The minimum atomic E-state index is -4.38. The van der Waals surface area contributed by atoms with Crippen LogP contribution < -0.4 is 5.32 Å². The summed E-state index contributed by atoms with van der Waals surface area (Å²) in [5, 5.41) is 10.3. The highest BCUT2D eigenvalue weighted by Gasteiger charge is 2.31. The second kappa shape index (κ2) is 5.87. The van der Waals surface area contributed by atoms with Crippen molar-refractivity contribution in [3.05, 3.63) is 0 Å². The van der Waals surface area contributed by atoms with Crippen molar-refractivity contribution in [3.63, 3.8) is 0 Å². The zero-order valence-electron chi connectivity index (χ0n) is 9.26. The van der Waals surface area contributed by atoms with Crippen LogP contribution in [0.1, 0.15) is 19.3 Å². The van der Waals surface area contributed by atoms with Gasteiger partial charge in [0.2, 0.25) is 5.91 Å². The lowest BCUT2D eigenvalue weighted by Gasteiger charge is -2.20. The summed E-state index contributed by atoms with van der Waals surface area (Å²) in [5.74, 6) is -0.646. The molecule has 1 rings (SSSR count). The molecule has 96 valence electrons. The van der Waals surface area contributed by atoms with Gasteiger partial charge in [-0.2, -0.15) is 18.4 Å². The SMILES string of the molecule is N#CCCN(CC(=O)NCC(F)(F)F)C1CC1. The molecule has 1 aliphatic carbocycles. The van der Waals surface area contributed by atoms with E-state index in [-0.39, 0.29) is 19.0 Å². The third-order valence-corrected chi connectivity index (χ3v) is 2.41. The molecule has 0 radical (unpaired) electrons. The Labute approximate surface area is 97.4 Å². The second-order valence-corrected chi connectivity index (χ2v) is 4.00. The van der Waals surface area contributed by atoms with Gasteiger partial charge in [0.05, 0.1) is 12.6 Å². The van der Waals surface area contributed by atoms with Crippen LogP contribution in [0.25, 0.3) is 0 Å². The number of hydrogen-bond acceptors (Lipinski definition) is 3. The van der Waals surface area contributed by atoms with Crippen LogP contribution in [0.3, 0.4) is 0 Å². The van der Waals surface area contributed by atoms with Gasteiger partial charge in [0, 0.05) is 19.0 Å². The van der Waals surface area contributed by atoms with Crippen molar-refractivity contribution >= 4 is 5.91 Å². The lowest BCUT2D eigenvalue weighted by Crippen LogP contribution is -2.42. The molecule has 7 heteroatoms. The van der Waals surface area contributed by atoms with E-state index >= 15 is 0 Å².